The Labute approximate surface area is 76.1 Å². The molecular formula is C7H13N5O. The van der Waals surface area contributed by atoms with Crippen molar-refractivity contribution in [3.63, 3.8) is 0 Å². The number of nitrogens with two attached hydrogens (primary N) is 1. The molecule has 0 aromatic carbocycles. The Morgan fingerprint density at radius 2 is 2.54 bits per heavy atom. The van der Waals surface area contributed by atoms with Crippen molar-refractivity contribution in [3.8, 4) is 0 Å². The monoisotopic (exact) mass is 183 g/mol. The predicted octanol–water partition coefficient (Wildman–Crippen LogP) is -1.26. The third-order valence-corrected chi connectivity index (χ3v) is 1.53. The van der Waals surface area contributed by atoms with Gasteiger partial charge in [0.15, 0.2) is 0 Å². The van der Waals surface area contributed by atoms with Crippen LogP contribution in [0, 0.1) is 0 Å². The van der Waals surface area contributed by atoms with Crippen molar-refractivity contribution < 1.29 is 4.79 Å². The first-order valence-electron chi connectivity index (χ1n) is 4.04. The smallest absolute Gasteiger partial charge is 0.242 e. The summed E-state index contributed by atoms with van der Waals surface area (Å²) < 4.78 is 1.46. The molecule has 1 heterocycles. The Bertz CT molecular complexity index is 258. The quantitative estimate of drug-likeness (QED) is 0.610. The molecule has 0 saturated carbocycles. The van der Waals surface area contributed by atoms with Gasteiger partial charge >= 0.3 is 0 Å². The molecule has 72 valence electrons. The molecule has 0 aliphatic heterocycles. The molecule has 0 aliphatic carbocycles. The first kappa shape index (κ1) is 9.66. The highest BCUT2D eigenvalue weighted by molar-refractivity contribution is 5.75. The summed E-state index contributed by atoms with van der Waals surface area (Å²) in [5, 5.41) is 6.52. The van der Waals surface area contributed by atoms with Gasteiger partial charge in [-0.2, -0.15) is 5.10 Å². The van der Waals surface area contributed by atoms with Crippen LogP contribution < -0.4 is 11.1 Å². The van der Waals surface area contributed by atoms with Crippen molar-refractivity contribution in [1.29, 1.82) is 0 Å². The summed E-state index contributed by atoms with van der Waals surface area (Å²) in [5.74, 6) is -0.108. The van der Waals surface area contributed by atoms with Crippen LogP contribution in [0.5, 0.6) is 0 Å². The fraction of sp³-hybridized carbons (Fsp3) is 0.571. The molecule has 3 N–H and O–H groups in total. The first-order valence-corrected chi connectivity index (χ1v) is 4.04. The minimum atomic E-state index is -0.108. The predicted molar refractivity (Wildman–Crippen MR) is 46.7 cm³/mol. The molecule has 0 radical (unpaired) electrons. The average molecular weight is 183 g/mol. The van der Waals surface area contributed by atoms with E-state index in [0.717, 1.165) is 0 Å². The molecule has 1 atom stereocenters. The second-order valence-corrected chi connectivity index (χ2v) is 2.80. The Morgan fingerprint density at radius 1 is 1.77 bits per heavy atom. The maximum absolute atomic E-state index is 11.2. The summed E-state index contributed by atoms with van der Waals surface area (Å²) in [6.45, 7) is 2.46. The van der Waals surface area contributed by atoms with Gasteiger partial charge in [0.05, 0.1) is 0 Å². The summed E-state index contributed by atoms with van der Waals surface area (Å²) in [7, 11) is 0. The third kappa shape index (κ3) is 3.20. The Morgan fingerprint density at radius 3 is 3.08 bits per heavy atom. The van der Waals surface area contributed by atoms with Crippen LogP contribution in [-0.4, -0.2) is 33.3 Å². The highest BCUT2D eigenvalue weighted by Gasteiger charge is 2.05. The molecule has 6 nitrogen and oxygen atoms in total. The van der Waals surface area contributed by atoms with E-state index in [2.05, 4.69) is 15.4 Å². The van der Waals surface area contributed by atoms with E-state index in [9.17, 15) is 4.79 Å². The van der Waals surface area contributed by atoms with E-state index in [4.69, 9.17) is 5.73 Å². The molecule has 1 amide bonds. The lowest BCUT2D eigenvalue weighted by atomic mass is 10.3. The Hall–Kier alpha value is -1.43. The summed E-state index contributed by atoms with van der Waals surface area (Å²) in [4.78, 5) is 14.9. The van der Waals surface area contributed by atoms with Gasteiger partial charge in [-0.15, -0.1) is 0 Å². The lowest BCUT2D eigenvalue weighted by molar-refractivity contribution is -0.122. The number of nitrogens with one attached hydrogen (secondary N) is 1. The number of hydrogen-bond donors (Lipinski definition) is 2. The SMILES string of the molecule is CC(CN)NC(=O)Cn1cncn1. The Balaban J connectivity index is 2.34. The molecule has 0 fully saturated rings. The molecule has 1 rings (SSSR count). The molecule has 0 spiro atoms. The summed E-state index contributed by atoms with van der Waals surface area (Å²) in [5.41, 5.74) is 5.34. The number of carbonyl (C=O) groups is 1. The normalized spacial score (nSPS) is 12.5. The van der Waals surface area contributed by atoms with Gasteiger partial charge in [0.1, 0.15) is 19.2 Å². The zero-order valence-corrected chi connectivity index (χ0v) is 7.47. The third-order valence-electron chi connectivity index (χ3n) is 1.53. The van der Waals surface area contributed by atoms with E-state index in [1.165, 1.54) is 17.3 Å². The number of rotatable bonds is 4. The zero-order chi connectivity index (χ0) is 9.68. The van der Waals surface area contributed by atoms with Crippen molar-refractivity contribution in [2.75, 3.05) is 6.54 Å². The number of carbonyl (C=O) groups excluding carboxylic acids is 1. The second kappa shape index (κ2) is 4.56. The van der Waals surface area contributed by atoms with Crippen molar-refractivity contribution in [2.45, 2.75) is 19.5 Å². The van der Waals surface area contributed by atoms with Crippen molar-refractivity contribution >= 4 is 5.91 Å². The van der Waals surface area contributed by atoms with Gasteiger partial charge in [-0.3, -0.25) is 4.79 Å². The molecule has 1 aromatic rings. The van der Waals surface area contributed by atoms with Crippen LogP contribution in [0.3, 0.4) is 0 Å². The van der Waals surface area contributed by atoms with Crippen LogP contribution in [0.2, 0.25) is 0 Å². The fourth-order valence-corrected chi connectivity index (χ4v) is 0.841. The van der Waals surface area contributed by atoms with E-state index >= 15 is 0 Å². The molecule has 1 unspecified atom stereocenters. The number of amides is 1. The molecule has 13 heavy (non-hydrogen) atoms. The summed E-state index contributed by atoms with van der Waals surface area (Å²) in [6, 6.07) is -0.00368. The molecule has 0 bridgehead atoms. The Kier molecular flexibility index (Phi) is 3.39. The minimum Gasteiger partial charge on any atom is -0.351 e. The maximum atomic E-state index is 11.2. The van der Waals surface area contributed by atoms with Crippen LogP contribution in [0.4, 0.5) is 0 Å². The van der Waals surface area contributed by atoms with Gasteiger partial charge in [-0.25, -0.2) is 9.67 Å². The highest BCUT2D eigenvalue weighted by atomic mass is 16.2. The van der Waals surface area contributed by atoms with Gasteiger partial charge in [0.25, 0.3) is 0 Å². The minimum absolute atomic E-state index is 0.00368. The van der Waals surface area contributed by atoms with Gasteiger partial charge in [-0.1, -0.05) is 0 Å². The number of aromatic nitrogens is 3. The summed E-state index contributed by atoms with van der Waals surface area (Å²) in [6.07, 6.45) is 2.88. The van der Waals surface area contributed by atoms with Crippen LogP contribution in [0.1, 0.15) is 6.92 Å². The van der Waals surface area contributed by atoms with Crippen molar-refractivity contribution in [2.24, 2.45) is 5.73 Å². The van der Waals surface area contributed by atoms with Crippen LogP contribution in [-0.2, 0) is 11.3 Å². The summed E-state index contributed by atoms with van der Waals surface area (Å²) >= 11 is 0. The zero-order valence-electron chi connectivity index (χ0n) is 7.47. The molecule has 0 aliphatic rings. The van der Waals surface area contributed by atoms with Gasteiger partial charge in [0, 0.05) is 12.6 Å². The lowest BCUT2D eigenvalue weighted by Gasteiger charge is -2.10. The maximum Gasteiger partial charge on any atom is 0.242 e. The fourth-order valence-electron chi connectivity index (χ4n) is 0.841. The van der Waals surface area contributed by atoms with Crippen LogP contribution >= 0.6 is 0 Å². The van der Waals surface area contributed by atoms with Crippen LogP contribution in [0.15, 0.2) is 12.7 Å². The average Bonchev–Trinajstić information content (AvgIpc) is 2.56. The van der Waals surface area contributed by atoms with Gasteiger partial charge in [-0.05, 0) is 6.92 Å². The topological polar surface area (TPSA) is 85.8 Å². The van der Waals surface area contributed by atoms with E-state index in [1.54, 1.807) is 0 Å². The largest absolute Gasteiger partial charge is 0.351 e. The molecule has 0 saturated heterocycles. The van der Waals surface area contributed by atoms with E-state index in [0.29, 0.717) is 6.54 Å². The second-order valence-electron chi connectivity index (χ2n) is 2.80. The number of nitrogens with zero attached hydrogens (tertiary/aromatic N) is 3. The van der Waals surface area contributed by atoms with E-state index in [-0.39, 0.29) is 18.5 Å². The van der Waals surface area contributed by atoms with Gasteiger partial charge < -0.3 is 11.1 Å². The van der Waals surface area contributed by atoms with Gasteiger partial charge in [0.2, 0.25) is 5.91 Å². The molecule has 1 aromatic heterocycles. The molecular weight excluding hydrogens is 170 g/mol. The van der Waals surface area contributed by atoms with Crippen molar-refractivity contribution in [1.82, 2.24) is 20.1 Å². The van der Waals surface area contributed by atoms with E-state index < -0.39 is 0 Å². The highest BCUT2D eigenvalue weighted by Crippen LogP contribution is 1.82. The standard InChI is InChI=1S/C7H13N5O/c1-6(2-8)11-7(13)3-12-5-9-4-10-12/h4-6H,2-3,8H2,1H3,(H,11,13). The first-order chi connectivity index (χ1) is 6.22. The number of hydrogen-bond acceptors (Lipinski definition) is 4. The van der Waals surface area contributed by atoms with E-state index in [1.807, 2.05) is 6.92 Å². The lowest BCUT2D eigenvalue weighted by Crippen LogP contribution is -2.39. The van der Waals surface area contributed by atoms with Crippen LogP contribution in [0.25, 0.3) is 0 Å². The molecule has 6 heteroatoms. The van der Waals surface area contributed by atoms with Crippen molar-refractivity contribution in [3.05, 3.63) is 12.7 Å².